The summed E-state index contributed by atoms with van der Waals surface area (Å²) in [4.78, 5) is 11.7. The molecule has 0 saturated carbocycles. The SMILES string of the molecule is O=C(Cc1ccccc1F)NCCc1cccc(F)c1. The van der Waals surface area contributed by atoms with Gasteiger partial charge in [-0.1, -0.05) is 30.3 Å². The average Bonchev–Trinajstić information content (AvgIpc) is 2.41. The number of carbonyl (C=O) groups is 1. The van der Waals surface area contributed by atoms with Crippen LogP contribution in [-0.4, -0.2) is 12.5 Å². The number of hydrogen-bond donors (Lipinski definition) is 1. The van der Waals surface area contributed by atoms with Crippen LogP contribution in [0, 0.1) is 11.6 Å². The van der Waals surface area contributed by atoms with Crippen molar-refractivity contribution in [1.82, 2.24) is 5.32 Å². The maximum atomic E-state index is 13.4. The molecule has 0 unspecified atom stereocenters. The lowest BCUT2D eigenvalue weighted by Gasteiger charge is -2.06. The van der Waals surface area contributed by atoms with E-state index in [4.69, 9.17) is 0 Å². The minimum Gasteiger partial charge on any atom is -0.355 e. The van der Waals surface area contributed by atoms with E-state index in [-0.39, 0.29) is 24.0 Å². The number of halogens is 2. The van der Waals surface area contributed by atoms with E-state index in [2.05, 4.69) is 5.32 Å². The van der Waals surface area contributed by atoms with Crippen molar-refractivity contribution in [2.75, 3.05) is 6.54 Å². The Balaban J connectivity index is 1.80. The van der Waals surface area contributed by atoms with Crippen molar-refractivity contribution in [3.05, 3.63) is 71.3 Å². The van der Waals surface area contributed by atoms with E-state index in [1.54, 1.807) is 30.3 Å². The number of amides is 1. The molecule has 1 amide bonds. The van der Waals surface area contributed by atoms with Gasteiger partial charge in [-0.3, -0.25) is 4.79 Å². The first-order valence-corrected chi connectivity index (χ1v) is 6.40. The van der Waals surface area contributed by atoms with E-state index in [1.165, 1.54) is 18.2 Å². The fourth-order valence-electron chi connectivity index (χ4n) is 1.92. The summed E-state index contributed by atoms with van der Waals surface area (Å²) >= 11 is 0. The predicted molar refractivity (Wildman–Crippen MR) is 73.2 cm³/mol. The number of carbonyl (C=O) groups excluding carboxylic acids is 1. The normalized spacial score (nSPS) is 10.3. The first-order chi connectivity index (χ1) is 9.65. The fraction of sp³-hybridized carbons (Fsp3) is 0.188. The molecule has 0 aromatic heterocycles. The Labute approximate surface area is 116 Å². The molecule has 20 heavy (non-hydrogen) atoms. The van der Waals surface area contributed by atoms with Crippen LogP contribution in [0.5, 0.6) is 0 Å². The molecule has 2 rings (SSSR count). The van der Waals surface area contributed by atoms with Crippen molar-refractivity contribution in [2.45, 2.75) is 12.8 Å². The molecule has 2 aromatic carbocycles. The summed E-state index contributed by atoms with van der Waals surface area (Å²) in [5.74, 6) is -0.917. The zero-order valence-electron chi connectivity index (χ0n) is 10.9. The van der Waals surface area contributed by atoms with Gasteiger partial charge in [0.15, 0.2) is 0 Å². The zero-order chi connectivity index (χ0) is 14.4. The largest absolute Gasteiger partial charge is 0.355 e. The summed E-state index contributed by atoms with van der Waals surface area (Å²) < 4.78 is 26.3. The third-order valence-electron chi connectivity index (χ3n) is 2.93. The number of nitrogens with one attached hydrogen (secondary N) is 1. The molecule has 0 aliphatic carbocycles. The van der Waals surface area contributed by atoms with Gasteiger partial charge in [-0.15, -0.1) is 0 Å². The molecule has 2 aromatic rings. The molecule has 2 nitrogen and oxygen atoms in total. The monoisotopic (exact) mass is 275 g/mol. The topological polar surface area (TPSA) is 29.1 Å². The lowest BCUT2D eigenvalue weighted by atomic mass is 10.1. The molecule has 104 valence electrons. The summed E-state index contributed by atoms with van der Waals surface area (Å²) in [6.45, 7) is 0.400. The molecule has 4 heteroatoms. The van der Waals surface area contributed by atoms with Gasteiger partial charge in [-0.2, -0.15) is 0 Å². The Bertz CT molecular complexity index is 599. The quantitative estimate of drug-likeness (QED) is 0.893. The summed E-state index contributed by atoms with van der Waals surface area (Å²) in [6, 6.07) is 12.4. The van der Waals surface area contributed by atoms with Crippen LogP contribution in [-0.2, 0) is 17.6 Å². The maximum Gasteiger partial charge on any atom is 0.224 e. The van der Waals surface area contributed by atoms with Gasteiger partial charge in [0, 0.05) is 6.54 Å². The van der Waals surface area contributed by atoms with Gasteiger partial charge >= 0.3 is 0 Å². The summed E-state index contributed by atoms with van der Waals surface area (Å²) in [6.07, 6.45) is 0.552. The van der Waals surface area contributed by atoms with Gasteiger partial charge in [0.1, 0.15) is 11.6 Å². The summed E-state index contributed by atoms with van der Waals surface area (Å²) in [5.41, 5.74) is 1.19. The second-order valence-electron chi connectivity index (χ2n) is 4.50. The van der Waals surface area contributed by atoms with Crippen LogP contribution in [0.3, 0.4) is 0 Å². The smallest absolute Gasteiger partial charge is 0.224 e. The number of rotatable bonds is 5. The first kappa shape index (κ1) is 14.2. The molecule has 0 aliphatic heterocycles. The van der Waals surface area contributed by atoms with Gasteiger partial charge in [0.2, 0.25) is 5.91 Å². The van der Waals surface area contributed by atoms with Gasteiger partial charge < -0.3 is 5.32 Å². The molecule has 0 fully saturated rings. The minimum absolute atomic E-state index is 0.00975. The van der Waals surface area contributed by atoms with Crippen molar-refractivity contribution in [3.8, 4) is 0 Å². The molecule has 0 saturated heterocycles. The Morgan fingerprint density at radius 3 is 2.60 bits per heavy atom. The second-order valence-corrected chi connectivity index (χ2v) is 4.50. The van der Waals surface area contributed by atoms with Crippen LogP contribution in [0.4, 0.5) is 8.78 Å². The van der Waals surface area contributed by atoms with Gasteiger partial charge in [0.25, 0.3) is 0 Å². The highest BCUT2D eigenvalue weighted by atomic mass is 19.1. The van der Waals surface area contributed by atoms with Crippen LogP contribution in [0.1, 0.15) is 11.1 Å². The Morgan fingerprint density at radius 1 is 1.05 bits per heavy atom. The summed E-state index contributed by atoms with van der Waals surface area (Å²) in [5, 5.41) is 2.70. The van der Waals surface area contributed by atoms with E-state index < -0.39 is 0 Å². The van der Waals surface area contributed by atoms with E-state index in [0.29, 0.717) is 18.5 Å². The molecule has 0 heterocycles. The maximum absolute atomic E-state index is 13.4. The van der Waals surface area contributed by atoms with E-state index in [1.807, 2.05) is 0 Å². The van der Waals surface area contributed by atoms with Crippen molar-refractivity contribution in [3.63, 3.8) is 0 Å². The third kappa shape index (κ3) is 4.16. The minimum atomic E-state index is -0.382. The molecule has 1 N–H and O–H groups in total. The molecule has 0 bridgehead atoms. The predicted octanol–water partition coefficient (Wildman–Crippen LogP) is 2.87. The van der Waals surface area contributed by atoms with Crippen molar-refractivity contribution < 1.29 is 13.6 Å². The van der Waals surface area contributed by atoms with Crippen LogP contribution >= 0.6 is 0 Å². The standard InChI is InChI=1S/C16H15F2NO/c17-14-6-3-4-12(10-14)8-9-19-16(20)11-13-5-1-2-7-15(13)18/h1-7,10H,8-9,11H2,(H,19,20). The molecular formula is C16H15F2NO. The van der Waals surface area contributed by atoms with Crippen molar-refractivity contribution >= 4 is 5.91 Å². The molecule has 0 radical (unpaired) electrons. The van der Waals surface area contributed by atoms with Crippen LogP contribution in [0.2, 0.25) is 0 Å². The highest BCUT2D eigenvalue weighted by Crippen LogP contribution is 2.07. The van der Waals surface area contributed by atoms with Crippen LogP contribution in [0.15, 0.2) is 48.5 Å². The van der Waals surface area contributed by atoms with E-state index in [9.17, 15) is 13.6 Å². The zero-order valence-corrected chi connectivity index (χ0v) is 10.9. The summed E-state index contributed by atoms with van der Waals surface area (Å²) in [7, 11) is 0. The first-order valence-electron chi connectivity index (χ1n) is 6.40. The highest BCUT2D eigenvalue weighted by Gasteiger charge is 2.07. The Hall–Kier alpha value is -2.23. The lowest BCUT2D eigenvalue weighted by molar-refractivity contribution is -0.120. The van der Waals surface area contributed by atoms with Gasteiger partial charge in [0.05, 0.1) is 6.42 Å². The van der Waals surface area contributed by atoms with Crippen molar-refractivity contribution in [1.29, 1.82) is 0 Å². The van der Waals surface area contributed by atoms with Gasteiger partial charge in [-0.25, -0.2) is 8.78 Å². The van der Waals surface area contributed by atoms with Crippen LogP contribution < -0.4 is 5.32 Å². The van der Waals surface area contributed by atoms with Crippen molar-refractivity contribution in [2.24, 2.45) is 0 Å². The third-order valence-corrected chi connectivity index (χ3v) is 2.93. The van der Waals surface area contributed by atoms with Crippen LogP contribution in [0.25, 0.3) is 0 Å². The fourth-order valence-corrected chi connectivity index (χ4v) is 1.92. The second kappa shape index (κ2) is 6.80. The lowest BCUT2D eigenvalue weighted by Crippen LogP contribution is -2.27. The number of hydrogen-bond acceptors (Lipinski definition) is 1. The Kier molecular flexibility index (Phi) is 4.82. The van der Waals surface area contributed by atoms with E-state index >= 15 is 0 Å². The number of benzene rings is 2. The molecular weight excluding hydrogens is 260 g/mol. The average molecular weight is 275 g/mol. The molecule has 0 spiro atoms. The highest BCUT2D eigenvalue weighted by molar-refractivity contribution is 5.78. The Morgan fingerprint density at radius 2 is 1.85 bits per heavy atom. The van der Waals surface area contributed by atoms with E-state index in [0.717, 1.165) is 5.56 Å². The molecule has 0 atom stereocenters. The molecule has 0 aliphatic rings. The van der Waals surface area contributed by atoms with Gasteiger partial charge in [-0.05, 0) is 35.7 Å².